The summed E-state index contributed by atoms with van der Waals surface area (Å²) in [5.74, 6) is 0.303. The Bertz CT molecular complexity index is 924. The fourth-order valence-corrected chi connectivity index (χ4v) is 3.44. The highest BCUT2D eigenvalue weighted by molar-refractivity contribution is 7.92. The lowest BCUT2D eigenvalue weighted by molar-refractivity contribution is -0.124. The third-order valence-corrected chi connectivity index (χ3v) is 5.46. The fraction of sp³-hybridized carbons (Fsp3) is 0.235. The first-order valence-corrected chi connectivity index (χ1v) is 9.40. The molecule has 0 atom stereocenters. The molecule has 25 heavy (non-hydrogen) atoms. The number of hydrogen-bond donors (Lipinski definition) is 2. The number of anilines is 2. The van der Waals surface area contributed by atoms with Crippen molar-refractivity contribution in [1.82, 2.24) is 0 Å². The van der Waals surface area contributed by atoms with Crippen LogP contribution >= 0.6 is 11.6 Å². The lowest BCUT2D eigenvalue weighted by Crippen LogP contribution is -2.33. The molecule has 0 aliphatic carbocycles. The number of nitrogens with one attached hydrogen (secondary N) is 2. The van der Waals surface area contributed by atoms with E-state index in [-0.39, 0.29) is 17.4 Å². The molecule has 0 bridgehead atoms. The van der Waals surface area contributed by atoms with Crippen molar-refractivity contribution in [2.24, 2.45) is 5.41 Å². The minimum absolute atomic E-state index is 0.0910. The van der Waals surface area contributed by atoms with Crippen molar-refractivity contribution in [3.05, 3.63) is 47.5 Å². The Morgan fingerprint density at radius 1 is 1.16 bits per heavy atom. The van der Waals surface area contributed by atoms with Gasteiger partial charge in [0.15, 0.2) is 0 Å². The zero-order valence-corrected chi connectivity index (χ0v) is 15.2. The number of benzene rings is 2. The summed E-state index contributed by atoms with van der Waals surface area (Å²) in [6, 6.07) is 10.6. The van der Waals surface area contributed by atoms with E-state index in [4.69, 9.17) is 16.3 Å². The highest BCUT2D eigenvalue weighted by Crippen LogP contribution is 2.34. The molecule has 8 heteroatoms. The van der Waals surface area contributed by atoms with Crippen LogP contribution < -0.4 is 14.8 Å². The number of rotatable bonds is 3. The molecule has 1 heterocycles. The van der Waals surface area contributed by atoms with Gasteiger partial charge in [0.25, 0.3) is 10.0 Å². The van der Waals surface area contributed by atoms with Gasteiger partial charge in [0, 0.05) is 5.02 Å². The number of ether oxygens (including phenoxy) is 1. The summed E-state index contributed by atoms with van der Waals surface area (Å²) in [5, 5.41) is 3.22. The summed E-state index contributed by atoms with van der Waals surface area (Å²) in [4.78, 5) is 12.3. The van der Waals surface area contributed by atoms with E-state index in [0.29, 0.717) is 22.1 Å². The van der Waals surface area contributed by atoms with Crippen LogP contribution in [0.25, 0.3) is 0 Å². The second-order valence-corrected chi connectivity index (χ2v) is 8.52. The van der Waals surface area contributed by atoms with Crippen LogP contribution in [-0.2, 0) is 14.8 Å². The predicted octanol–water partition coefficient (Wildman–Crippen LogP) is 3.50. The maximum atomic E-state index is 12.4. The van der Waals surface area contributed by atoms with Crippen LogP contribution in [0.4, 0.5) is 11.4 Å². The first kappa shape index (κ1) is 17.6. The summed E-state index contributed by atoms with van der Waals surface area (Å²) < 4.78 is 33.0. The Morgan fingerprint density at radius 3 is 2.52 bits per heavy atom. The van der Waals surface area contributed by atoms with Gasteiger partial charge < -0.3 is 10.1 Å². The van der Waals surface area contributed by atoms with E-state index in [9.17, 15) is 13.2 Å². The second-order valence-electron chi connectivity index (χ2n) is 6.40. The van der Waals surface area contributed by atoms with Crippen LogP contribution in [0.3, 0.4) is 0 Å². The number of amides is 1. The maximum Gasteiger partial charge on any atom is 0.261 e. The Hall–Kier alpha value is -2.25. The van der Waals surface area contributed by atoms with Gasteiger partial charge in [0.2, 0.25) is 5.91 Å². The Morgan fingerprint density at radius 2 is 1.84 bits per heavy atom. The highest BCUT2D eigenvalue weighted by Gasteiger charge is 2.32. The van der Waals surface area contributed by atoms with Gasteiger partial charge in [-0.25, -0.2) is 8.42 Å². The smallest absolute Gasteiger partial charge is 0.261 e. The SMILES string of the molecule is CC1(C)COc2ccc(NS(=O)(=O)c3ccc(Cl)cc3)cc2NC1=O. The predicted molar refractivity (Wildman–Crippen MR) is 96.6 cm³/mol. The molecular formula is C17H17ClN2O4S. The van der Waals surface area contributed by atoms with Gasteiger partial charge in [-0.3, -0.25) is 9.52 Å². The largest absolute Gasteiger partial charge is 0.490 e. The van der Waals surface area contributed by atoms with Crippen LogP contribution in [-0.4, -0.2) is 20.9 Å². The first-order valence-electron chi connectivity index (χ1n) is 7.54. The van der Waals surface area contributed by atoms with Crippen LogP contribution in [0.15, 0.2) is 47.4 Å². The first-order chi connectivity index (χ1) is 11.7. The Balaban J connectivity index is 1.88. The van der Waals surface area contributed by atoms with E-state index < -0.39 is 15.4 Å². The van der Waals surface area contributed by atoms with Gasteiger partial charge in [-0.05, 0) is 56.3 Å². The molecule has 3 rings (SSSR count). The molecule has 2 aromatic carbocycles. The average molecular weight is 381 g/mol. The molecule has 2 aromatic rings. The van der Waals surface area contributed by atoms with E-state index in [2.05, 4.69) is 10.0 Å². The molecule has 2 N–H and O–H groups in total. The Kier molecular flexibility index (Phi) is 4.38. The normalized spacial score (nSPS) is 16.2. The molecular weight excluding hydrogens is 364 g/mol. The average Bonchev–Trinajstić information content (AvgIpc) is 2.64. The minimum Gasteiger partial charge on any atom is -0.490 e. The van der Waals surface area contributed by atoms with Crippen molar-refractivity contribution in [3.8, 4) is 5.75 Å². The fourth-order valence-electron chi connectivity index (χ4n) is 2.26. The maximum absolute atomic E-state index is 12.4. The molecule has 1 aliphatic rings. The lowest BCUT2D eigenvalue weighted by Gasteiger charge is -2.18. The summed E-state index contributed by atoms with van der Waals surface area (Å²) in [7, 11) is -3.76. The molecule has 1 aliphatic heterocycles. The third kappa shape index (κ3) is 3.72. The number of carbonyl (C=O) groups is 1. The van der Waals surface area contributed by atoms with Crippen LogP contribution in [0.2, 0.25) is 5.02 Å². The summed E-state index contributed by atoms with van der Waals surface area (Å²) in [5.41, 5.74) is 0.0614. The number of hydrogen-bond acceptors (Lipinski definition) is 4. The van der Waals surface area contributed by atoms with Gasteiger partial charge in [0.05, 0.1) is 21.7 Å². The number of fused-ring (bicyclic) bond motifs is 1. The van der Waals surface area contributed by atoms with Crippen molar-refractivity contribution in [2.75, 3.05) is 16.6 Å². The molecule has 0 saturated carbocycles. The van der Waals surface area contributed by atoms with Crippen molar-refractivity contribution in [2.45, 2.75) is 18.7 Å². The summed E-state index contributed by atoms with van der Waals surface area (Å²) in [6.07, 6.45) is 0. The monoisotopic (exact) mass is 380 g/mol. The van der Waals surface area contributed by atoms with E-state index in [1.807, 2.05) is 0 Å². The van der Waals surface area contributed by atoms with Gasteiger partial charge in [-0.15, -0.1) is 0 Å². The molecule has 0 aromatic heterocycles. The van der Waals surface area contributed by atoms with Gasteiger partial charge >= 0.3 is 0 Å². The molecule has 0 radical (unpaired) electrons. The van der Waals surface area contributed by atoms with Gasteiger partial charge in [0.1, 0.15) is 12.4 Å². The molecule has 0 unspecified atom stereocenters. The molecule has 0 saturated heterocycles. The number of halogens is 1. The van der Waals surface area contributed by atoms with E-state index in [1.165, 1.54) is 30.3 Å². The van der Waals surface area contributed by atoms with E-state index >= 15 is 0 Å². The number of sulfonamides is 1. The third-order valence-electron chi connectivity index (χ3n) is 3.81. The molecule has 6 nitrogen and oxygen atoms in total. The van der Waals surface area contributed by atoms with Crippen LogP contribution in [0.1, 0.15) is 13.8 Å². The topological polar surface area (TPSA) is 84.5 Å². The Labute approximate surface area is 151 Å². The quantitative estimate of drug-likeness (QED) is 0.853. The van der Waals surface area contributed by atoms with Crippen LogP contribution in [0, 0.1) is 5.41 Å². The molecule has 1 amide bonds. The molecule has 0 fully saturated rings. The van der Waals surface area contributed by atoms with Crippen molar-refractivity contribution in [1.29, 1.82) is 0 Å². The second kappa shape index (κ2) is 6.24. The van der Waals surface area contributed by atoms with E-state index in [0.717, 1.165) is 0 Å². The standard InChI is InChI=1S/C17H17ClN2O4S/c1-17(2)10-24-15-8-5-12(9-14(15)19-16(17)21)20-25(22,23)13-6-3-11(18)4-7-13/h3-9,20H,10H2,1-2H3,(H,19,21). The van der Waals surface area contributed by atoms with E-state index in [1.54, 1.807) is 26.0 Å². The number of carbonyl (C=O) groups excluding carboxylic acids is 1. The molecule has 132 valence electrons. The van der Waals surface area contributed by atoms with Crippen molar-refractivity contribution >= 4 is 38.9 Å². The van der Waals surface area contributed by atoms with Crippen molar-refractivity contribution in [3.63, 3.8) is 0 Å². The summed E-state index contributed by atoms with van der Waals surface area (Å²) >= 11 is 5.78. The van der Waals surface area contributed by atoms with Crippen molar-refractivity contribution < 1.29 is 17.9 Å². The highest BCUT2D eigenvalue weighted by atomic mass is 35.5. The van der Waals surface area contributed by atoms with Gasteiger partial charge in [-0.2, -0.15) is 0 Å². The molecule has 0 spiro atoms. The zero-order chi connectivity index (χ0) is 18.2. The lowest BCUT2D eigenvalue weighted by atomic mass is 9.94. The van der Waals surface area contributed by atoms with Gasteiger partial charge in [-0.1, -0.05) is 11.6 Å². The summed E-state index contributed by atoms with van der Waals surface area (Å²) in [6.45, 7) is 3.79. The van der Waals surface area contributed by atoms with Crippen LogP contribution in [0.5, 0.6) is 5.75 Å². The zero-order valence-electron chi connectivity index (χ0n) is 13.7. The minimum atomic E-state index is -3.76.